The third kappa shape index (κ3) is 2.49. The molecule has 0 aliphatic heterocycles. The molecule has 5 heteroatoms. The van der Waals surface area contributed by atoms with E-state index in [2.05, 4.69) is 36.9 Å². The summed E-state index contributed by atoms with van der Waals surface area (Å²) in [5.74, 6) is 2.43. The van der Waals surface area contributed by atoms with Gasteiger partial charge in [0.25, 0.3) is 0 Å². The van der Waals surface area contributed by atoms with Crippen LogP contribution in [0.2, 0.25) is 0 Å². The van der Waals surface area contributed by atoms with Gasteiger partial charge in [-0.3, -0.25) is 4.79 Å². The number of hydrogen-bond donors (Lipinski definition) is 0. The Hall–Kier alpha value is -2.58. The number of hydrogen-bond acceptors (Lipinski definition) is 3. The van der Waals surface area contributed by atoms with Gasteiger partial charge in [0, 0.05) is 0 Å². The van der Waals surface area contributed by atoms with Crippen molar-refractivity contribution in [2.45, 2.75) is 20.4 Å². The van der Waals surface area contributed by atoms with Gasteiger partial charge in [-0.1, -0.05) is 17.3 Å². The lowest BCUT2D eigenvalue weighted by molar-refractivity contribution is 0.0971. The van der Waals surface area contributed by atoms with E-state index in [4.69, 9.17) is 10.8 Å². The average molecular weight is 310 g/mol. The zero-order valence-electron chi connectivity index (χ0n) is 12.3. The first-order valence-electron chi connectivity index (χ1n) is 6.77. The van der Waals surface area contributed by atoms with E-state index < -0.39 is 5.91 Å². The molecule has 3 aromatic rings. The van der Waals surface area contributed by atoms with Crippen LogP contribution in [0.3, 0.4) is 0 Å². The largest absolute Gasteiger partial charge is 0.459 e. The van der Waals surface area contributed by atoms with Crippen LogP contribution in [0.1, 0.15) is 21.7 Å². The fraction of sp³-hybridized carbons (Fsp3) is 0.176. The SMILES string of the molecule is C#CCn1c(=NC(=O)c2ccco2)sc2cc(C)c(C)cc21. The molecular weight excluding hydrogens is 296 g/mol. The van der Waals surface area contributed by atoms with Crippen molar-refractivity contribution in [2.75, 3.05) is 0 Å². The molecule has 0 unspecified atom stereocenters. The van der Waals surface area contributed by atoms with E-state index in [1.54, 1.807) is 12.1 Å². The van der Waals surface area contributed by atoms with Gasteiger partial charge >= 0.3 is 5.91 Å². The second kappa shape index (κ2) is 5.66. The molecule has 0 spiro atoms. The van der Waals surface area contributed by atoms with E-state index in [0.29, 0.717) is 11.3 Å². The molecule has 3 rings (SSSR count). The highest BCUT2D eigenvalue weighted by Crippen LogP contribution is 2.22. The lowest BCUT2D eigenvalue weighted by Crippen LogP contribution is -2.16. The van der Waals surface area contributed by atoms with Crippen LogP contribution in [0.5, 0.6) is 0 Å². The maximum atomic E-state index is 12.1. The maximum Gasteiger partial charge on any atom is 0.315 e. The summed E-state index contributed by atoms with van der Waals surface area (Å²) < 4.78 is 8.03. The molecule has 0 fully saturated rings. The van der Waals surface area contributed by atoms with Crippen molar-refractivity contribution in [3.63, 3.8) is 0 Å². The van der Waals surface area contributed by atoms with Crippen LogP contribution < -0.4 is 4.80 Å². The fourth-order valence-corrected chi connectivity index (χ4v) is 3.30. The van der Waals surface area contributed by atoms with Crippen LogP contribution in [0.4, 0.5) is 0 Å². The molecule has 110 valence electrons. The molecule has 0 aliphatic rings. The summed E-state index contributed by atoms with van der Waals surface area (Å²) in [5, 5.41) is 0. The highest BCUT2D eigenvalue weighted by molar-refractivity contribution is 7.16. The van der Waals surface area contributed by atoms with Crippen LogP contribution in [0, 0.1) is 26.2 Å². The second-order valence-electron chi connectivity index (χ2n) is 4.97. The maximum absolute atomic E-state index is 12.1. The summed E-state index contributed by atoms with van der Waals surface area (Å²) in [5.41, 5.74) is 3.38. The van der Waals surface area contributed by atoms with Crippen LogP contribution in [-0.2, 0) is 6.54 Å². The monoisotopic (exact) mass is 310 g/mol. The van der Waals surface area contributed by atoms with Gasteiger partial charge in [-0.2, -0.15) is 4.99 Å². The fourth-order valence-electron chi connectivity index (χ4n) is 2.19. The minimum Gasteiger partial charge on any atom is -0.459 e. The molecule has 0 aliphatic carbocycles. The Morgan fingerprint density at radius 3 is 2.86 bits per heavy atom. The summed E-state index contributed by atoms with van der Waals surface area (Å²) in [6.07, 6.45) is 6.92. The number of aromatic nitrogens is 1. The van der Waals surface area contributed by atoms with Crippen molar-refractivity contribution in [3.05, 3.63) is 52.2 Å². The minimum absolute atomic E-state index is 0.220. The van der Waals surface area contributed by atoms with Crippen LogP contribution >= 0.6 is 11.3 Å². The molecule has 2 aromatic heterocycles. The molecule has 0 saturated carbocycles. The van der Waals surface area contributed by atoms with E-state index >= 15 is 0 Å². The molecule has 0 N–H and O–H groups in total. The lowest BCUT2D eigenvalue weighted by Gasteiger charge is -2.03. The number of nitrogens with zero attached hydrogens (tertiary/aromatic N) is 2. The first-order chi connectivity index (χ1) is 10.6. The van der Waals surface area contributed by atoms with Gasteiger partial charge in [-0.15, -0.1) is 6.42 Å². The van der Waals surface area contributed by atoms with Gasteiger partial charge in [0.1, 0.15) is 0 Å². The van der Waals surface area contributed by atoms with Crippen molar-refractivity contribution in [3.8, 4) is 12.3 Å². The van der Waals surface area contributed by atoms with Crippen LogP contribution in [0.15, 0.2) is 39.9 Å². The highest BCUT2D eigenvalue weighted by Gasteiger charge is 2.11. The number of amides is 1. The molecule has 22 heavy (non-hydrogen) atoms. The number of rotatable bonds is 2. The molecule has 0 atom stereocenters. The van der Waals surface area contributed by atoms with Crippen molar-refractivity contribution >= 4 is 27.5 Å². The molecule has 1 amide bonds. The van der Waals surface area contributed by atoms with E-state index in [1.165, 1.54) is 28.7 Å². The Morgan fingerprint density at radius 1 is 1.41 bits per heavy atom. The van der Waals surface area contributed by atoms with Crippen LogP contribution in [0.25, 0.3) is 10.2 Å². The first-order valence-corrected chi connectivity index (χ1v) is 7.58. The number of carbonyl (C=O) groups is 1. The molecule has 0 saturated heterocycles. The normalized spacial score (nSPS) is 11.8. The van der Waals surface area contributed by atoms with Gasteiger partial charge in [0.05, 0.1) is 23.0 Å². The average Bonchev–Trinajstić information content (AvgIpc) is 3.11. The summed E-state index contributed by atoms with van der Waals surface area (Å²) in [6, 6.07) is 7.43. The number of aryl methyl sites for hydroxylation is 2. The number of benzene rings is 1. The van der Waals surface area contributed by atoms with Gasteiger partial charge in [-0.25, -0.2) is 0 Å². The third-order valence-corrected chi connectivity index (χ3v) is 4.52. The zero-order chi connectivity index (χ0) is 15.7. The number of carbonyl (C=O) groups excluding carboxylic acids is 1. The Morgan fingerprint density at radius 2 is 2.18 bits per heavy atom. The second-order valence-corrected chi connectivity index (χ2v) is 5.98. The van der Waals surface area contributed by atoms with E-state index in [-0.39, 0.29) is 5.76 Å². The number of fused-ring (bicyclic) bond motifs is 1. The van der Waals surface area contributed by atoms with E-state index in [9.17, 15) is 4.79 Å². The molecule has 2 heterocycles. The van der Waals surface area contributed by atoms with Gasteiger partial charge < -0.3 is 8.98 Å². The van der Waals surface area contributed by atoms with Crippen molar-refractivity contribution in [1.82, 2.24) is 4.57 Å². The number of thiazole rings is 1. The van der Waals surface area contributed by atoms with Crippen molar-refractivity contribution in [1.29, 1.82) is 0 Å². The molecule has 0 radical (unpaired) electrons. The molecule has 1 aromatic carbocycles. The summed E-state index contributed by atoms with van der Waals surface area (Å²) in [7, 11) is 0. The minimum atomic E-state index is -0.407. The quantitative estimate of drug-likeness (QED) is 0.682. The summed E-state index contributed by atoms with van der Waals surface area (Å²) in [4.78, 5) is 16.9. The Kier molecular flexibility index (Phi) is 3.70. The Labute approximate surface area is 131 Å². The van der Waals surface area contributed by atoms with Crippen molar-refractivity contribution in [2.24, 2.45) is 4.99 Å². The number of terminal acetylenes is 1. The first kappa shape index (κ1) is 14.4. The summed E-state index contributed by atoms with van der Waals surface area (Å²) >= 11 is 1.45. The number of furan rings is 1. The third-order valence-electron chi connectivity index (χ3n) is 3.48. The Bertz CT molecular complexity index is 953. The Balaban J connectivity index is 2.23. The van der Waals surface area contributed by atoms with Crippen molar-refractivity contribution < 1.29 is 9.21 Å². The predicted octanol–water partition coefficient (Wildman–Crippen LogP) is 3.29. The van der Waals surface area contributed by atoms with E-state index in [0.717, 1.165) is 10.2 Å². The predicted molar refractivity (Wildman–Crippen MR) is 86.7 cm³/mol. The molecule has 0 bridgehead atoms. The van der Waals surface area contributed by atoms with E-state index in [1.807, 2.05) is 4.57 Å². The zero-order valence-corrected chi connectivity index (χ0v) is 13.1. The molecular formula is C17H14N2O2S. The molecule has 4 nitrogen and oxygen atoms in total. The smallest absolute Gasteiger partial charge is 0.315 e. The van der Waals surface area contributed by atoms with Gasteiger partial charge in [0.2, 0.25) is 0 Å². The standard InChI is InChI=1S/C17H14N2O2S/c1-4-7-19-13-9-11(2)12(3)10-15(13)22-17(19)18-16(20)14-6-5-8-21-14/h1,5-6,8-10H,7H2,2-3H3. The van der Waals surface area contributed by atoms with Gasteiger partial charge in [0.15, 0.2) is 10.6 Å². The van der Waals surface area contributed by atoms with Crippen LogP contribution in [-0.4, -0.2) is 10.5 Å². The highest BCUT2D eigenvalue weighted by atomic mass is 32.1. The lowest BCUT2D eigenvalue weighted by atomic mass is 10.1. The van der Waals surface area contributed by atoms with Gasteiger partial charge in [-0.05, 0) is 49.2 Å². The topological polar surface area (TPSA) is 47.5 Å². The summed E-state index contributed by atoms with van der Waals surface area (Å²) in [6.45, 7) is 4.48.